The van der Waals surface area contributed by atoms with Crippen molar-refractivity contribution in [2.45, 2.75) is 34.1 Å². The van der Waals surface area contributed by atoms with Gasteiger partial charge in [0, 0.05) is 0 Å². The molecule has 0 radical (unpaired) electrons. The van der Waals surface area contributed by atoms with E-state index in [1.807, 2.05) is 12.2 Å². The summed E-state index contributed by atoms with van der Waals surface area (Å²) in [6.07, 6.45) is 6.82. The molecule has 1 aliphatic rings. The Morgan fingerprint density at radius 3 is 2.40 bits per heavy atom. The lowest BCUT2D eigenvalue weighted by Gasteiger charge is -2.35. The molecule has 0 saturated heterocycles. The molecule has 0 fully saturated rings. The molecule has 2 N–H and O–H groups in total. The SMILES string of the molecule is CC(C)C1=CC=CC(C(N)=O)(C(C)C)C1. The van der Waals surface area contributed by atoms with Crippen molar-refractivity contribution in [2.24, 2.45) is 23.0 Å². The van der Waals surface area contributed by atoms with E-state index in [-0.39, 0.29) is 11.8 Å². The van der Waals surface area contributed by atoms with Gasteiger partial charge in [-0.25, -0.2) is 0 Å². The van der Waals surface area contributed by atoms with Gasteiger partial charge >= 0.3 is 0 Å². The van der Waals surface area contributed by atoms with Crippen molar-refractivity contribution in [3.8, 4) is 0 Å². The van der Waals surface area contributed by atoms with E-state index in [9.17, 15) is 4.79 Å². The maximum atomic E-state index is 11.6. The molecule has 84 valence electrons. The topological polar surface area (TPSA) is 43.1 Å². The summed E-state index contributed by atoms with van der Waals surface area (Å²) in [6.45, 7) is 8.41. The van der Waals surface area contributed by atoms with Gasteiger partial charge in [0.05, 0.1) is 5.41 Å². The number of carbonyl (C=O) groups excluding carboxylic acids is 1. The van der Waals surface area contributed by atoms with Crippen LogP contribution in [0, 0.1) is 17.3 Å². The van der Waals surface area contributed by atoms with E-state index in [0.717, 1.165) is 6.42 Å². The highest BCUT2D eigenvalue weighted by molar-refractivity contribution is 5.84. The van der Waals surface area contributed by atoms with Crippen LogP contribution in [0.3, 0.4) is 0 Å². The average Bonchev–Trinajstić information content (AvgIpc) is 2.17. The van der Waals surface area contributed by atoms with Crippen LogP contribution in [-0.2, 0) is 4.79 Å². The van der Waals surface area contributed by atoms with E-state index in [4.69, 9.17) is 5.73 Å². The van der Waals surface area contributed by atoms with Crippen molar-refractivity contribution < 1.29 is 4.79 Å². The Morgan fingerprint density at radius 1 is 1.40 bits per heavy atom. The van der Waals surface area contributed by atoms with Crippen molar-refractivity contribution >= 4 is 5.91 Å². The van der Waals surface area contributed by atoms with Gasteiger partial charge in [-0.05, 0) is 18.3 Å². The molecule has 0 bridgehead atoms. The molecule has 1 amide bonds. The van der Waals surface area contributed by atoms with Gasteiger partial charge in [0.25, 0.3) is 0 Å². The Morgan fingerprint density at radius 2 is 2.00 bits per heavy atom. The monoisotopic (exact) mass is 207 g/mol. The van der Waals surface area contributed by atoms with Crippen LogP contribution in [0.5, 0.6) is 0 Å². The summed E-state index contributed by atoms with van der Waals surface area (Å²) < 4.78 is 0. The van der Waals surface area contributed by atoms with Crippen molar-refractivity contribution in [3.05, 3.63) is 23.8 Å². The van der Waals surface area contributed by atoms with Crippen LogP contribution in [0.25, 0.3) is 0 Å². The molecular weight excluding hydrogens is 186 g/mol. The van der Waals surface area contributed by atoms with Crippen molar-refractivity contribution in [1.82, 2.24) is 0 Å². The van der Waals surface area contributed by atoms with Crippen LogP contribution in [-0.4, -0.2) is 5.91 Å². The van der Waals surface area contributed by atoms with E-state index in [2.05, 4.69) is 33.8 Å². The first-order valence-corrected chi connectivity index (χ1v) is 5.58. The van der Waals surface area contributed by atoms with Gasteiger partial charge in [-0.2, -0.15) is 0 Å². The quantitative estimate of drug-likeness (QED) is 0.759. The van der Waals surface area contributed by atoms with Crippen LogP contribution < -0.4 is 5.73 Å². The predicted molar refractivity (Wildman–Crippen MR) is 63.1 cm³/mol. The standard InChI is InChI=1S/C13H21NO/c1-9(2)11-6-5-7-13(8-11,10(3)4)12(14)15/h5-7,9-10H,8H2,1-4H3,(H2,14,15). The predicted octanol–water partition coefficient (Wildman–Crippen LogP) is 2.66. The number of primary amides is 1. The van der Waals surface area contributed by atoms with Crippen LogP contribution in [0.2, 0.25) is 0 Å². The summed E-state index contributed by atoms with van der Waals surface area (Å²) in [4.78, 5) is 11.6. The number of amides is 1. The molecule has 1 atom stereocenters. The second-order valence-corrected chi connectivity index (χ2v) is 4.99. The van der Waals surface area contributed by atoms with E-state index < -0.39 is 5.41 Å². The molecule has 2 heteroatoms. The first-order valence-electron chi connectivity index (χ1n) is 5.58. The maximum Gasteiger partial charge on any atom is 0.228 e. The van der Waals surface area contributed by atoms with Gasteiger partial charge in [-0.15, -0.1) is 0 Å². The van der Waals surface area contributed by atoms with Crippen molar-refractivity contribution in [2.75, 3.05) is 0 Å². The fourth-order valence-electron chi connectivity index (χ4n) is 2.05. The van der Waals surface area contributed by atoms with E-state index >= 15 is 0 Å². The summed E-state index contributed by atoms with van der Waals surface area (Å²) in [5, 5.41) is 0. The summed E-state index contributed by atoms with van der Waals surface area (Å²) in [7, 11) is 0. The first kappa shape index (κ1) is 12.0. The number of carbonyl (C=O) groups is 1. The first-order chi connectivity index (χ1) is 6.90. The fourth-order valence-corrected chi connectivity index (χ4v) is 2.05. The molecule has 0 spiro atoms. The van der Waals surface area contributed by atoms with Crippen LogP contribution in [0.4, 0.5) is 0 Å². The Hall–Kier alpha value is -1.05. The Kier molecular flexibility index (Phi) is 3.38. The smallest absolute Gasteiger partial charge is 0.228 e. The Balaban J connectivity index is 3.03. The molecule has 0 aromatic carbocycles. The molecule has 0 aliphatic heterocycles. The molecule has 0 heterocycles. The lowest BCUT2D eigenvalue weighted by molar-refractivity contribution is -0.127. The molecular formula is C13H21NO. The minimum Gasteiger partial charge on any atom is -0.369 e. The van der Waals surface area contributed by atoms with Crippen molar-refractivity contribution in [3.63, 3.8) is 0 Å². The summed E-state index contributed by atoms with van der Waals surface area (Å²) >= 11 is 0. The van der Waals surface area contributed by atoms with Crippen molar-refractivity contribution in [1.29, 1.82) is 0 Å². The van der Waals surface area contributed by atoms with Gasteiger partial charge in [0.1, 0.15) is 0 Å². The number of nitrogens with two attached hydrogens (primary N) is 1. The highest BCUT2D eigenvalue weighted by atomic mass is 16.1. The van der Waals surface area contributed by atoms with Crippen LogP contribution in [0.15, 0.2) is 23.8 Å². The third kappa shape index (κ3) is 2.14. The normalized spacial score (nSPS) is 25.9. The van der Waals surface area contributed by atoms with E-state index in [0.29, 0.717) is 5.92 Å². The number of hydrogen-bond acceptors (Lipinski definition) is 1. The lowest BCUT2D eigenvalue weighted by atomic mass is 9.68. The Labute approximate surface area is 92.2 Å². The molecule has 15 heavy (non-hydrogen) atoms. The summed E-state index contributed by atoms with van der Waals surface area (Å²) in [5.74, 6) is 0.515. The molecule has 0 aromatic heterocycles. The minimum absolute atomic E-state index is 0.208. The molecule has 2 nitrogen and oxygen atoms in total. The zero-order chi connectivity index (χ0) is 11.6. The molecule has 1 unspecified atom stereocenters. The largest absolute Gasteiger partial charge is 0.369 e. The Bertz CT molecular complexity index is 312. The fraction of sp³-hybridized carbons (Fsp3) is 0.615. The van der Waals surface area contributed by atoms with E-state index in [1.54, 1.807) is 0 Å². The van der Waals surface area contributed by atoms with Crippen LogP contribution in [0.1, 0.15) is 34.1 Å². The highest BCUT2D eigenvalue weighted by Gasteiger charge is 2.39. The third-order valence-electron chi connectivity index (χ3n) is 3.43. The number of rotatable bonds is 3. The van der Waals surface area contributed by atoms with Gasteiger partial charge < -0.3 is 5.73 Å². The van der Waals surface area contributed by atoms with Gasteiger partial charge in [-0.1, -0.05) is 51.5 Å². The average molecular weight is 207 g/mol. The van der Waals surface area contributed by atoms with Gasteiger partial charge in [-0.3, -0.25) is 4.79 Å². The summed E-state index contributed by atoms with van der Waals surface area (Å²) in [6, 6.07) is 0. The van der Waals surface area contributed by atoms with E-state index in [1.165, 1.54) is 5.57 Å². The molecule has 0 aromatic rings. The van der Waals surface area contributed by atoms with Gasteiger partial charge in [0.15, 0.2) is 0 Å². The number of allylic oxidation sites excluding steroid dienone is 3. The zero-order valence-corrected chi connectivity index (χ0v) is 10.1. The third-order valence-corrected chi connectivity index (χ3v) is 3.43. The number of hydrogen-bond donors (Lipinski definition) is 1. The summed E-state index contributed by atoms with van der Waals surface area (Å²) in [5.41, 5.74) is 6.38. The van der Waals surface area contributed by atoms with Crippen LogP contribution >= 0.6 is 0 Å². The second kappa shape index (κ2) is 4.21. The molecule has 1 rings (SSSR count). The zero-order valence-electron chi connectivity index (χ0n) is 10.1. The highest BCUT2D eigenvalue weighted by Crippen LogP contribution is 2.40. The van der Waals surface area contributed by atoms with Gasteiger partial charge in [0.2, 0.25) is 5.91 Å². The molecule has 1 aliphatic carbocycles. The molecule has 0 saturated carbocycles. The maximum absolute atomic E-state index is 11.6. The lowest BCUT2D eigenvalue weighted by Crippen LogP contribution is -2.41. The minimum atomic E-state index is -0.478. The second-order valence-electron chi connectivity index (χ2n) is 4.99.